The Balaban J connectivity index is 2.20. The largest absolute Gasteiger partial charge is 0.497 e. The fourth-order valence-corrected chi connectivity index (χ4v) is 2.48. The van der Waals surface area contributed by atoms with Crippen LogP contribution in [0.25, 0.3) is 10.9 Å². The lowest BCUT2D eigenvalue weighted by molar-refractivity contribution is 0.415. The molecule has 2 aromatic rings. The van der Waals surface area contributed by atoms with Gasteiger partial charge in [0.2, 0.25) is 5.95 Å². The number of rotatable bonds is 2. The van der Waals surface area contributed by atoms with Gasteiger partial charge < -0.3 is 15.8 Å². The number of nitrogen functional groups attached to an aromatic ring is 1. The normalized spacial score (nSPS) is 19.3. The number of hydrogen-bond acceptors (Lipinski definition) is 5. The number of hydrogen-bond donors (Lipinski definition) is 2. The van der Waals surface area contributed by atoms with Crippen LogP contribution in [0.4, 0.5) is 5.95 Å². The molecule has 18 heavy (non-hydrogen) atoms. The summed E-state index contributed by atoms with van der Waals surface area (Å²) in [5.74, 6) is 1.57. The number of nitrogens with zero attached hydrogens (tertiary/aromatic N) is 2. The van der Waals surface area contributed by atoms with E-state index in [-0.39, 0.29) is 0 Å². The van der Waals surface area contributed by atoms with Gasteiger partial charge >= 0.3 is 0 Å². The maximum absolute atomic E-state index is 5.79. The first-order valence-electron chi connectivity index (χ1n) is 6.10. The van der Waals surface area contributed by atoms with Crippen LogP contribution < -0.4 is 15.8 Å². The Kier molecular flexibility index (Phi) is 2.76. The van der Waals surface area contributed by atoms with Gasteiger partial charge in [0, 0.05) is 17.8 Å². The second-order valence-corrected chi connectivity index (χ2v) is 4.54. The number of methoxy groups -OCH3 is 1. The van der Waals surface area contributed by atoms with Gasteiger partial charge in [0.25, 0.3) is 0 Å². The van der Waals surface area contributed by atoms with Crippen molar-refractivity contribution in [1.29, 1.82) is 0 Å². The van der Waals surface area contributed by atoms with Crippen LogP contribution in [-0.2, 0) is 0 Å². The second kappa shape index (κ2) is 4.42. The number of anilines is 1. The highest BCUT2D eigenvalue weighted by molar-refractivity contribution is 5.84. The van der Waals surface area contributed by atoms with Gasteiger partial charge in [-0.15, -0.1) is 0 Å². The van der Waals surface area contributed by atoms with Crippen molar-refractivity contribution in [1.82, 2.24) is 15.3 Å². The summed E-state index contributed by atoms with van der Waals surface area (Å²) in [6.45, 7) is 1.97. The van der Waals surface area contributed by atoms with Gasteiger partial charge in [-0.25, -0.2) is 9.97 Å². The predicted octanol–water partition coefficient (Wildman–Crippen LogP) is 1.30. The first kappa shape index (κ1) is 11.2. The Labute approximate surface area is 105 Å². The van der Waals surface area contributed by atoms with E-state index in [1.54, 1.807) is 7.11 Å². The Morgan fingerprint density at radius 2 is 2.28 bits per heavy atom. The average Bonchev–Trinajstić information content (AvgIpc) is 2.91. The van der Waals surface area contributed by atoms with E-state index in [0.29, 0.717) is 11.9 Å². The van der Waals surface area contributed by atoms with Gasteiger partial charge in [-0.1, -0.05) is 0 Å². The van der Waals surface area contributed by atoms with E-state index in [1.165, 1.54) is 0 Å². The third kappa shape index (κ3) is 1.86. The minimum absolute atomic E-state index is 0.342. The lowest BCUT2D eigenvalue weighted by Crippen LogP contribution is -2.10. The standard InChI is InChI=1S/C13H16N4O/c1-18-9-2-3-11-10(6-9)12(17-13(14)16-11)8-4-5-15-7-8/h2-3,6,8,15H,4-5,7H2,1H3,(H2,14,16,17). The topological polar surface area (TPSA) is 73.1 Å². The van der Waals surface area contributed by atoms with Crippen LogP contribution in [0, 0.1) is 0 Å². The highest BCUT2D eigenvalue weighted by Gasteiger charge is 2.21. The van der Waals surface area contributed by atoms with Gasteiger partial charge in [0.15, 0.2) is 0 Å². The molecule has 5 heteroatoms. The molecule has 1 unspecified atom stereocenters. The van der Waals surface area contributed by atoms with E-state index in [1.807, 2.05) is 18.2 Å². The highest BCUT2D eigenvalue weighted by Crippen LogP contribution is 2.30. The van der Waals surface area contributed by atoms with Crippen LogP contribution in [0.2, 0.25) is 0 Å². The molecule has 1 saturated heterocycles. The molecule has 0 bridgehead atoms. The summed E-state index contributed by atoms with van der Waals surface area (Å²) in [5.41, 5.74) is 7.70. The molecule has 1 aliphatic heterocycles. The Bertz CT molecular complexity index is 578. The van der Waals surface area contributed by atoms with Crippen LogP contribution in [0.1, 0.15) is 18.0 Å². The van der Waals surface area contributed by atoms with E-state index < -0.39 is 0 Å². The van der Waals surface area contributed by atoms with Crippen molar-refractivity contribution in [2.75, 3.05) is 25.9 Å². The molecular weight excluding hydrogens is 228 g/mol. The SMILES string of the molecule is COc1ccc2nc(N)nc(C3CCNC3)c2c1. The monoisotopic (exact) mass is 244 g/mol. The minimum Gasteiger partial charge on any atom is -0.497 e. The summed E-state index contributed by atoms with van der Waals surface area (Å²) >= 11 is 0. The molecule has 1 aliphatic rings. The number of fused-ring (bicyclic) bond motifs is 1. The Hall–Kier alpha value is -1.88. The van der Waals surface area contributed by atoms with Gasteiger partial charge in [-0.3, -0.25) is 0 Å². The molecule has 0 saturated carbocycles. The van der Waals surface area contributed by atoms with Crippen molar-refractivity contribution >= 4 is 16.9 Å². The van der Waals surface area contributed by atoms with Crippen LogP contribution in [0.3, 0.4) is 0 Å². The zero-order valence-corrected chi connectivity index (χ0v) is 10.3. The molecule has 1 aromatic carbocycles. The van der Waals surface area contributed by atoms with Gasteiger partial charge in [0.1, 0.15) is 5.75 Å². The third-order valence-corrected chi connectivity index (χ3v) is 3.40. The Morgan fingerprint density at radius 3 is 3.00 bits per heavy atom. The fourth-order valence-electron chi connectivity index (χ4n) is 2.48. The zero-order valence-electron chi connectivity index (χ0n) is 10.3. The molecule has 0 radical (unpaired) electrons. The van der Waals surface area contributed by atoms with E-state index in [4.69, 9.17) is 10.5 Å². The summed E-state index contributed by atoms with van der Waals surface area (Å²) in [6.07, 6.45) is 1.09. The van der Waals surface area contributed by atoms with Crippen molar-refractivity contribution < 1.29 is 4.74 Å². The van der Waals surface area contributed by atoms with Crippen LogP contribution in [0.15, 0.2) is 18.2 Å². The first-order chi connectivity index (χ1) is 8.78. The molecule has 94 valence electrons. The van der Waals surface area contributed by atoms with Crippen LogP contribution >= 0.6 is 0 Å². The molecule has 0 amide bonds. The average molecular weight is 244 g/mol. The third-order valence-electron chi connectivity index (χ3n) is 3.40. The highest BCUT2D eigenvalue weighted by atomic mass is 16.5. The van der Waals surface area contributed by atoms with E-state index in [9.17, 15) is 0 Å². The molecule has 0 aliphatic carbocycles. The minimum atomic E-state index is 0.342. The molecule has 5 nitrogen and oxygen atoms in total. The van der Waals surface area contributed by atoms with E-state index in [2.05, 4.69) is 15.3 Å². The summed E-state index contributed by atoms with van der Waals surface area (Å²) in [5, 5.41) is 4.39. The molecular formula is C13H16N4O. The maximum Gasteiger partial charge on any atom is 0.220 e. The zero-order chi connectivity index (χ0) is 12.5. The van der Waals surface area contributed by atoms with Crippen LogP contribution in [-0.4, -0.2) is 30.2 Å². The molecule has 1 aromatic heterocycles. The van der Waals surface area contributed by atoms with Crippen molar-refractivity contribution in [3.05, 3.63) is 23.9 Å². The van der Waals surface area contributed by atoms with E-state index in [0.717, 1.165) is 41.9 Å². The van der Waals surface area contributed by atoms with Crippen molar-refractivity contribution in [3.63, 3.8) is 0 Å². The molecule has 3 rings (SSSR count). The number of benzene rings is 1. The summed E-state index contributed by atoms with van der Waals surface area (Å²) in [7, 11) is 1.66. The molecule has 3 N–H and O–H groups in total. The van der Waals surface area contributed by atoms with Crippen molar-refractivity contribution in [3.8, 4) is 5.75 Å². The first-order valence-corrected chi connectivity index (χ1v) is 6.10. The molecule has 2 heterocycles. The lowest BCUT2D eigenvalue weighted by Gasteiger charge is -2.12. The second-order valence-electron chi connectivity index (χ2n) is 4.54. The number of nitrogens with two attached hydrogens (primary N) is 1. The smallest absolute Gasteiger partial charge is 0.220 e. The molecule has 1 atom stereocenters. The summed E-state index contributed by atoms with van der Waals surface area (Å²) < 4.78 is 5.27. The van der Waals surface area contributed by atoms with Gasteiger partial charge in [-0.2, -0.15) is 0 Å². The molecule has 0 spiro atoms. The number of ether oxygens (including phenoxy) is 1. The molecule has 1 fully saturated rings. The van der Waals surface area contributed by atoms with Gasteiger partial charge in [0.05, 0.1) is 18.3 Å². The van der Waals surface area contributed by atoms with Crippen molar-refractivity contribution in [2.24, 2.45) is 0 Å². The summed E-state index contributed by atoms with van der Waals surface area (Å²) in [6, 6.07) is 5.81. The number of nitrogens with one attached hydrogen (secondary N) is 1. The fraction of sp³-hybridized carbons (Fsp3) is 0.385. The van der Waals surface area contributed by atoms with E-state index >= 15 is 0 Å². The maximum atomic E-state index is 5.79. The number of aromatic nitrogens is 2. The lowest BCUT2D eigenvalue weighted by atomic mass is 10.00. The summed E-state index contributed by atoms with van der Waals surface area (Å²) in [4.78, 5) is 8.70. The van der Waals surface area contributed by atoms with Gasteiger partial charge in [-0.05, 0) is 31.2 Å². The van der Waals surface area contributed by atoms with Crippen LogP contribution in [0.5, 0.6) is 5.75 Å². The predicted molar refractivity (Wildman–Crippen MR) is 70.7 cm³/mol. The van der Waals surface area contributed by atoms with Crippen molar-refractivity contribution in [2.45, 2.75) is 12.3 Å². The quantitative estimate of drug-likeness (QED) is 0.833. The Morgan fingerprint density at radius 1 is 1.39 bits per heavy atom.